The van der Waals surface area contributed by atoms with E-state index in [-0.39, 0.29) is 5.17 Å². The Labute approximate surface area is 86.2 Å². The van der Waals surface area contributed by atoms with E-state index < -0.39 is 0 Å². The van der Waals surface area contributed by atoms with Crippen LogP contribution in [0.2, 0.25) is 0 Å². The molecule has 2 nitrogen and oxygen atoms in total. The van der Waals surface area contributed by atoms with Crippen LogP contribution in [0.5, 0.6) is 0 Å². The standard InChI is InChI=1S/C10H22N2S/c1-2-3-4-5-6-7-8-9-13-10(11)12/h2-9H2,1H3,(H3,11,12). The molecule has 0 aliphatic heterocycles. The van der Waals surface area contributed by atoms with E-state index in [1.165, 1.54) is 56.7 Å². The lowest BCUT2D eigenvalue weighted by molar-refractivity contribution is 0.604. The van der Waals surface area contributed by atoms with Crippen molar-refractivity contribution in [2.75, 3.05) is 5.75 Å². The van der Waals surface area contributed by atoms with E-state index in [9.17, 15) is 0 Å². The SMILES string of the molecule is CCCCCCCCCSC(=N)N. The van der Waals surface area contributed by atoms with Gasteiger partial charge in [0.25, 0.3) is 0 Å². The topological polar surface area (TPSA) is 49.9 Å². The smallest absolute Gasteiger partial charge is 0.151 e. The summed E-state index contributed by atoms with van der Waals surface area (Å²) in [5.41, 5.74) is 5.22. The second-order valence-electron chi connectivity index (χ2n) is 3.33. The molecule has 0 heterocycles. The molecule has 3 heteroatoms. The highest BCUT2D eigenvalue weighted by Crippen LogP contribution is 2.09. The molecule has 0 aromatic heterocycles. The molecule has 0 spiro atoms. The summed E-state index contributed by atoms with van der Waals surface area (Å²) in [4.78, 5) is 0. The van der Waals surface area contributed by atoms with Gasteiger partial charge in [-0.1, -0.05) is 57.2 Å². The Kier molecular flexibility index (Phi) is 9.77. The van der Waals surface area contributed by atoms with E-state index >= 15 is 0 Å². The Bertz CT molecular complexity index is 126. The Balaban J connectivity index is 2.87. The van der Waals surface area contributed by atoms with Crippen LogP contribution in [0.1, 0.15) is 51.9 Å². The zero-order valence-corrected chi connectivity index (χ0v) is 9.46. The molecule has 0 unspecified atom stereocenters. The summed E-state index contributed by atoms with van der Waals surface area (Å²) in [7, 11) is 0. The van der Waals surface area contributed by atoms with Crippen LogP contribution in [0, 0.1) is 5.41 Å². The molecule has 3 N–H and O–H groups in total. The zero-order chi connectivity index (χ0) is 9.94. The van der Waals surface area contributed by atoms with Crippen molar-refractivity contribution >= 4 is 16.9 Å². The van der Waals surface area contributed by atoms with Gasteiger partial charge in [-0.05, 0) is 6.42 Å². The highest BCUT2D eigenvalue weighted by molar-refractivity contribution is 8.13. The van der Waals surface area contributed by atoms with E-state index in [0.29, 0.717) is 0 Å². The summed E-state index contributed by atoms with van der Waals surface area (Å²) in [6, 6.07) is 0. The summed E-state index contributed by atoms with van der Waals surface area (Å²) in [6.45, 7) is 2.24. The lowest BCUT2D eigenvalue weighted by Crippen LogP contribution is -2.04. The summed E-state index contributed by atoms with van der Waals surface area (Å²) in [5.74, 6) is 1.02. The van der Waals surface area contributed by atoms with E-state index in [0.717, 1.165) is 5.75 Å². The van der Waals surface area contributed by atoms with Crippen molar-refractivity contribution in [3.05, 3.63) is 0 Å². The van der Waals surface area contributed by atoms with Gasteiger partial charge < -0.3 is 5.73 Å². The molecule has 0 radical (unpaired) electrons. The van der Waals surface area contributed by atoms with Gasteiger partial charge in [0.2, 0.25) is 0 Å². The molecule has 0 saturated carbocycles. The molecule has 0 fully saturated rings. The van der Waals surface area contributed by atoms with Gasteiger partial charge in [-0.3, -0.25) is 5.41 Å². The first-order valence-corrected chi connectivity index (χ1v) is 6.22. The second-order valence-corrected chi connectivity index (χ2v) is 4.47. The van der Waals surface area contributed by atoms with Crippen LogP contribution in [0.25, 0.3) is 0 Å². The number of amidine groups is 1. The van der Waals surface area contributed by atoms with Gasteiger partial charge in [-0.15, -0.1) is 0 Å². The summed E-state index contributed by atoms with van der Waals surface area (Å²) in [6.07, 6.45) is 9.30. The van der Waals surface area contributed by atoms with Crippen LogP contribution in [-0.2, 0) is 0 Å². The third kappa shape index (κ3) is 11.8. The van der Waals surface area contributed by atoms with Crippen molar-refractivity contribution in [3.8, 4) is 0 Å². The highest BCUT2D eigenvalue weighted by Gasteiger charge is 1.92. The third-order valence-electron chi connectivity index (χ3n) is 2.01. The van der Waals surface area contributed by atoms with Crippen molar-refractivity contribution in [1.29, 1.82) is 5.41 Å². The fourth-order valence-electron chi connectivity index (χ4n) is 1.24. The van der Waals surface area contributed by atoms with Gasteiger partial charge in [0.15, 0.2) is 5.17 Å². The number of nitrogens with one attached hydrogen (secondary N) is 1. The molecule has 0 bridgehead atoms. The minimum atomic E-state index is 0.256. The summed E-state index contributed by atoms with van der Waals surface area (Å²) in [5, 5.41) is 7.26. The van der Waals surface area contributed by atoms with Gasteiger partial charge in [0, 0.05) is 5.75 Å². The molecule has 0 amide bonds. The first-order chi connectivity index (χ1) is 6.27. The second kappa shape index (κ2) is 9.90. The number of nitrogens with two attached hydrogens (primary N) is 1. The molecular formula is C10H22N2S. The van der Waals surface area contributed by atoms with E-state index in [4.69, 9.17) is 11.1 Å². The average Bonchev–Trinajstić information content (AvgIpc) is 2.09. The maximum absolute atomic E-state index is 7.01. The lowest BCUT2D eigenvalue weighted by Gasteiger charge is -2.00. The number of rotatable bonds is 8. The fraction of sp³-hybridized carbons (Fsp3) is 0.900. The monoisotopic (exact) mass is 202 g/mol. The Morgan fingerprint density at radius 3 is 2.15 bits per heavy atom. The summed E-state index contributed by atoms with van der Waals surface area (Å²) >= 11 is 1.46. The molecule has 78 valence electrons. The van der Waals surface area contributed by atoms with Gasteiger partial charge in [0.05, 0.1) is 0 Å². The van der Waals surface area contributed by atoms with Crippen molar-refractivity contribution in [3.63, 3.8) is 0 Å². The van der Waals surface area contributed by atoms with Crippen LogP contribution < -0.4 is 5.73 Å². The first-order valence-electron chi connectivity index (χ1n) is 5.24. The zero-order valence-electron chi connectivity index (χ0n) is 8.64. The predicted molar refractivity (Wildman–Crippen MR) is 62.4 cm³/mol. The number of thioether (sulfide) groups is 1. The van der Waals surface area contributed by atoms with Gasteiger partial charge in [-0.25, -0.2) is 0 Å². The maximum Gasteiger partial charge on any atom is 0.151 e. The Morgan fingerprint density at radius 2 is 1.62 bits per heavy atom. The minimum Gasteiger partial charge on any atom is -0.379 e. The molecule has 0 aliphatic rings. The fourth-order valence-corrected chi connectivity index (χ4v) is 1.81. The number of hydrogen-bond donors (Lipinski definition) is 2. The Hall–Kier alpha value is -0.180. The van der Waals surface area contributed by atoms with E-state index in [1.807, 2.05) is 0 Å². The molecule has 0 aromatic rings. The van der Waals surface area contributed by atoms with E-state index in [1.54, 1.807) is 0 Å². The molecular weight excluding hydrogens is 180 g/mol. The maximum atomic E-state index is 7.01. The summed E-state index contributed by atoms with van der Waals surface area (Å²) < 4.78 is 0. The molecule has 0 atom stereocenters. The van der Waals surface area contributed by atoms with Gasteiger partial charge in [0.1, 0.15) is 0 Å². The van der Waals surface area contributed by atoms with Crippen LogP contribution in [-0.4, -0.2) is 10.9 Å². The van der Waals surface area contributed by atoms with Crippen LogP contribution in [0.3, 0.4) is 0 Å². The van der Waals surface area contributed by atoms with Crippen molar-refractivity contribution < 1.29 is 0 Å². The van der Waals surface area contributed by atoms with Crippen molar-refractivity contribution in [2.24, 2.45) is 5.73 Å². The normalized spacial score (nSPS) is 10.2. The van der Waals surface area contributed by atoms with Crippen molar-refractivity contribution in [1.82, 2.24) is 0 Å². The average molecular weight is 202 g/mol. The minimum absolute atomic E-state index is 0.256. The van der Waals surface area contributed by atoms with Crippen LogP contribution in [0.4, 0.5) is 0 Å². The predicted octanol–water partition coefficient (Wildman–Crippen LogP) is 3.36. The van der Waals surface area contributed by atoms with Gasteiger partial charge in [-0.2, -0.15) is 0 Å². The highest BCUT2D eigenvalue weighted by atomic mass is 32.2. The van der Waals surface area contributed by atoms with Crippen LogP contribution >= 0.6 is 11.8 Å². The molecule has 0 aliphatic carbocycles. The lowest BCUT2D eigenvalue weighted by atomic mass is 10.1. The third-order valence-corrected chi connectivity index (χ3v) is 2.81. The quantitative estimate of drug-likeness (QED) is 0.360. The first kappa shape index (κ1) is 12.8. The largest absolute Gasteiger partial charge is 0.379 e. The molecule has 13 heavy (non-hydrogen) atoms. The van der Waals surface area contributed by atoms with E-state index in [2.05, 4.69) is 6.92 Å². The number of unbranched alkanes of at least 4 members (excludes halogenated alkanes) is 6. The number of hydrogen-bond acceptors (Lipinski definition) is 2. The molecule has 0 aromatic carbocycles. The van der Waals surface area contributed by atoms with Crippen molar-refractivity contribution in [2.45, 2.75) is 51.9 Å². The Morgan fingerprint density at radius 1 is 1.08 bits per heavy atom. The van der Waals surface area contributed by atoms with Gasteiger partial charge >= 0.3 is 0 Å². The molecule has 0 rings (SSSR count). The van der Waals surface area contributed by atoms with Crippen LogP contribution in [0.15, 0.2) is 0 Å². The molecule has 0 saturated heterocycles.